The third-order valence-electron chi connectivity index (χ3n) is 3.48. The molecule has 0 saturated carbocycles. The molecule has 0 radical (unpaired) electrons. The number of hydrogen-bond acceptors (Lipinski definition) is 2. The molecule has 2 aromatic carbocycles. The summed E-state index contributed by atoms with van der Waals surface area (Å²) >= 11 is 2.30. The van der Waals surface area contributed by atoms with Gasteiger partial charge in [-0.25, -0.2) is 4.79 Å². The van der Waals surface area contributed by atoms with Crippen molar-refractivity contribution in [1.29, 1.82) is 0 Å². The minimum atomic E-state index is -0.267. The smallest absolute Gasteiger partial charge is 0.338 e. The van der Waals surface area contributed by atoms with Gasteiger partial charge in [0, 0.05) is 32.4 Å². The molecule has 102 valence electrons. The maximum absolute atomic E-state index is 11.9. The summed E-state index contributed by atoms with van der Waals surface area (Å²) in [6.07, 6.45) is 0. The molecule has 0 aliphatic rings. The van der Waals surface area contributed by atoms with Crippen LogP contribution in [0.3, 0.4) is 0 Å². The highest BCUT2D eigenvalue weighted by molar-refractivity contribution is 14.1. The van der Waals surface area contributed by atoms with Crippen LogP contribution in [0.2, 0.25) is 0 Å². The van der Waals surface area contributed by atoms with E-state index in [9.17, 15) is 4.79 Å². The predicted molar refractivity (Wildman–Crippen MR) is 89.1 cm³/mol. The summed E-state index contributed by atoms with van der Waals surface area (Å²) in [4.78, 5) is 11.9. The number of halogens is 1. The monoisotopic (exact) mass is 379 g/mol. The van der Waals surface area contributed by atoms with Crippen molar-refractivity contribution in [2.24, 2.45) is 7.05 Å². The van der Waals surface area contributed by atoms with Gasteiger partial charge >= 0.3 is 5.97 Å². The summed E-state index contributed by atoms with van der Waals surface area (Å²) in [5, 5.41) is 2.26. The number of fused-ring (bicyclic) bond motifs is 3. The van der Waals surface area contributed by atoms with Gasteiger partial charge in [0.1, 0.15) is 0 Å². The first-order valence-corrected chi connectivity index (χ1v) is 7.54. The van der Waals surface area contributed by atoms with E-state index < -0.39 is 0 Å². The van der Waals surface area contributed by atoms with E-state index in [1.165, 1.54) is 14.5 Å². The molecule has 0 bridgehead atoms. The van der Waals surface area contributed by atoms with Crippen molar-refractivity contribution in [3.63, 3.8) is 0 Å². The molecule has 0 amide bonds. The molecule has 0 aliphatic carbocycles. The average Bonchev–Trinajstić information content (AvgIpc) is 2.72. The molecule has 20 heavy (non-hydrogen) atoms. The first kappa shape index (κ1) is 13.4. The van der Waals surface area contributed by atoms with Crippen molar-refractivity contribution in [3.05, 3.63) is 45.5 Å². The molecule has 0 unspecified atom stereocenters. The zero-order valence-electron chi connectivity index (χ0n) is 11.3. The number of ether oxygens (including phenoxy) is 1. The van der Waals surface area contributed by atoms with E-state index in [1.54, 1.807) is 0 Å². The molecule has 0 saturated heterocycles. The van der Waals surface area contributed by atoms with Crippen molar-refractivity contribution in [2.45, 2.75) is 6.92 Å². The van der Waals surface area contributed by atoms with Gasteiger partial charge in [0.2, 0.25) is 0 Å². The van der Waals surface area contributed by atoms with Crippen LogP contribution in [0.15, 0.2) is 36.4 Å². The SMILES string of the molecule is CCOC(=O)c1ccc2c(c1)c1cc(I)ccc1n2C. The number of rotatable bonds is 2. The standard InChI is InChI=1S/C16H14INO2/c1-3-20-16(19)10-4-6-14-12(8-10)13-9-11(17)5-7-15(13)18(14)2/h4-9H,3H2,1-2H3. The first-order chi connectivity index (χ1) is 9.61. The summed E-state index contributed by atoms with van der Waals surface area (Å²) < 4.78 is 8.41. The minimum absolute atomic E-state index is 0.267. The quantitative estimate of drug-likeness (QED) is 0.496. The zero-order valence-corrected chi connectivity index (χ0v) is 13.5. The van der Waals surface area contributed by atoms with Crippen LogP contribution in [0.4, 0.5) is 0 Å². The van der Waals surface area contributed by atoms with Crippen LogP contribution >= 0.6 is 22.6 Å². The van der Waals surface area contributed by atoms with Crippen molar-refractivity contribution in [1.82, 2.24) is 4.57 Å². The van der Waals surface area contributed by atoms with Crippen LogP contribution < -0.4 is 0 Å². The van der Waals surface area contributed by atoms with Crippen molar-refractivity contribution in [3.8, 4) is 0 Å². The van der Waals surface area contributed by atoms with Crippen LogP contribution in [-0.4, -0.2) is 17.1 Å². The Morgan fingerprint density at radius 3 is 2.50 bits per heavy atom. The lowest BCUT2D eigenvalue weighted by atomic mass is 10.1. The van der Waals surface area contributed by atoms with Gasteiger partial charge in [0.15, 0.2) is 0 Å². The number of carbonyl (C=O) groups is 1. The Morgan fingerprint density at radius 2 is 1.80 bits per heavy atom. The zero-order chi connectivity index (χ0) is 14.3. The Hall–Kier alpha value is -1.56. The van der Waals surface area contributed by atoms with E-state index in [0.717, 1.165) is 10.9 Å². The fourth-order valence-electron chi connectivity index (χ4n) is 2.53. The van der Waals surface area contributed by atoms with Crippen LogP contribution in [0.1, 0.15) is 17.3 Å². The summed E-state index contributed by atoms with van der Waals surface area (Å²) in [6, 6.07) is 12.1. The number of nitrogens with zero attached hydrogens (tertiary/aromatic N) is 1. The predicted octanol–water partition coefficient (Wildman–Crippen LogP) is 4.11. The van der Waals surface area contributed by atoms with E-state index in [2.05, 4.69) is 45.4 Å². The number of aryl methyl sites for hydroxylation is 1. The molecular weight excluding hydrogens is 365 g/mol. The van der Waals surface area contributed by atoms with Gasteiger partial charge in [-0.3, -0.25) is 0 Å². The molecule has 4 heteroatoms. The van der Waals surface area contributed by atoms with Gasteiger partial charge in [0.25, 0.3) is 0 Å². The highest BCUT2D eigenvalue weighted by Gasteiger charge is 2.12. The van der Waals surface area contributed by atoms with Gasteiger partial charge in [-0.05, 0) is 65.9 Å². The lowest BCUT2D eigenvalue weighted by Crippen LogP contribution is -2.04. The molecule has 0 atom stereocenters. The average molecular weight is 379 g/mol. The summed E-state index contributed by atoms with van der Waals surface area (Å²) in [6.45, 7) is 2.21. The molecule has 0 N–H and O–H groups in total. The van der Waals surface area contributed by atoms with Gasteiger partial charge in [0.05, 0.1) is 12.2 Å². The molecule has 0 spiro atoms. The topological polar surface area (TPSA) is 31.2 Å². The van der Waals surface area contributed by atoms with Gasteiger partial charge < -0.3 is 9.30 Å². The molecule has 0 aliphatic heterocycles. The Labute approximate surface area is 130 Å². The van der Waals surface area contributed by atoms with Crippen molar-refractivity contribution < 1.29 is 9.53 Å². The van der Waals surface area contributed by atoms with Crippen LogP contribution in [0.5, 0.6) is 0 Å². The van der Waals surface area contributed by atoms with E-state index in [0.29, 0.717) is 12.2 Å². The summed E-state index contributed by atoms with van der Waals surface area (Å²) in [5.74, 6) is -0.267. The molecule has 1 aromatic heterocycles. The number of hydrogen-bond donors (Lipinski definition) is 0. The lowest BCUT2D eigenvalue weighted by molar-refractivity contribution is 0.0526. The fourth-order valence-corrected chi connectivity index (χ4v) is 3.02. The third kappa shape index (κ3) is 2.08. The highest BCUT2D eigenvalue weighted by Crippen LogP contribution is 2.30. The van der Waals surface area contributed by atoms with E-state index >= 15 is 0 Å². The maximum Gasteiger partial charge on any atom is 0.338 e. The Morgan fingerprint density at radius 1 is 1.15 bits per heavy atom. The molecule has 3 aromatic rings. The minimum Gasteiger partial charge on any atom is -0.462 e. The number of benzene rings is 2. The van der Waals surface area contributed by atoms with Gasteiger partial charge in [-0.2, -0.15) is 0 Å². The molecule has 3 nitrogen and oxygen atoms in total. The highest BCUT2D eigenvalue weighted by atomic mass is 127. The Balaban J connectivity index is 2.30. The first-order valence-electron chi connectivity index (χ1n) is 6.46. The maximum atomic E-state index is 11.9. The van der Waals surface area contributed by atoms with Crippen molar-refractivity contribution >= 4 is 50.4 Å². The Bertz CT molecular complexity index is 820. The number of esters is 1. The third-order valence-corrected chi connectivity index (χ3v) is 4.15. The van der Waals surface area contributed by atoms with Crippen molar-refractivity contribution in [2.75, 3.05) is 6.61 Å². The summed E-state index contributed by atoms with van der Waals surface area (Å²) in [7, 11) is 2.04. The Kier molecular flexibility index (Phi) is 3.41. The van der Waals surface area contributed by atoms with Crippen LogP contribution in [0.25, 0.3) is 21.8 Å². The number of aromatic nitrogens is 1. The van der Waals surface area contributed by atoms with E-state index in [4.69, 9.17) is 4.74 Å². The molecular formula is C16H14INO2. The van der Waals surface area contributed by atoms with Crippen LogP contribution in [0, 0.1) is 3.57 Å². The molecule has 0 fully saturated rings. The largest absolute Gasteiger partial charge is 0.462 e. The molecule has 3 rings (SSSR count). The normalized spacial score (nSPS) is 11.2. The fraction of sp³-hybridized carbons (Fsp3) is 0.188. The van der Waals surface area contributed by atoms with E-state index in [-0.39, 0.29) is 5.97 Å². The van der Waals surface area contributed by atoms with Gasteiger partial charge in [-0.15, -0.1) is 0 Å². The lowest BCUT2D eigenvalue weighted by Gasteiger charge is -2.02. The van der Waals surface area contributed by atoms with Crippen LogP contribution in [-0.2, 0) is 11.8 Å². The summed E-state index contributed by atoms with van der Waals surface area (Å²) in [5.41, 5.74) is 2.89. The van der Waals surface area contributed by atoms with E-state index in [1.807, 2.05) is 32.2 Å². The van der Waals surface area contributed by atoms with Gasteiger partial charge in [-0.1, -0.05) is 0 Å². The second kappa shape index (κ2) is 5.09. The second-order valence-corrected chi connectivity index (χ2v) is 5.92. The second-order valence-electron chi connectivity index (χ2n) is 4.67. The molecule has 1 heterocycles. The number of carbonyl (C=O) groups excluding carboxylic acids is 1.